The smallest absolute Gasteiger partial charge is 0.182 e. The number of rotatable bonds is 2. The van der Waals surface area contributed by atoms with Crippen molar-refractivity contribution >= 4 is 34.9 Å². The van der Waals surface area contributed by atoms with Gasteiger partial charge in [-0.25, -0.2) is 0 Å². The van der Waals surface area contributed by atoms with Gasteiger partial charge in [-0.2, -0.15) is 0 Å². The Morgan fingerprint density at radius 1 is 1.20 bits per heavy atom. The molecule has 0 aliphatic carbocycles. The molecule has 1 N–H and O–H groups in total. The Kier molecular flexibility index (Phi) is 3.28. The van der Waals surface area contributed by atoms with Gasteiger partial charge in [0.05, 0.1) is 28.9 Å². The standard InChI is InChI=1S/C15H13ClN2OS/c1-9-3-5-11(16)13(7-9)18-14-8-10(19-2)4-6-12(14)17-15(18)20/h3-8H,1-2H3,(H,17,20). The number of halogens is 1. The van der Waals surface area contributed by atoms with Crippen LogP contribution in [0.1, 0.15) is 5.56 Å². The van der Waals surface area contributed by atoms with Gasteiger partial charge in [0.25, 0.3) is 0 Å². The van der Waals surface area contributed by atoms with Gasteiger partial charge in [0.1, 0.15) is 5.75 Å². The molecule has 0 atom stereocenters. The number of ether oxygens (including phenoxy) is 1. The predicted molar refractivity (Wildman–Crippen MR) is 84.8 cm³/mol. The van der Waals surface area contributed by atoms with Gasteiger partial charge in [0.2, 0.25) is 0 Å². The highest BCUT2D eigenvalue weighted by atomic mass is 35.5. The van der Waals surface area contributed by atoms with Crippen LogP contribution in [0.5, 0.6) is 5.75 Å². The molecule has 0 aliphatic rings. The van der Waals surface area contributed by atoms with Crippen LogP contribution in [0.15, 0.2) is 36.4 Å². The molecule has 0 amide bonds. The molecule has 2 aromatic carbocycles. The number of hydrogen-bond donors (Lipinski definition) is 1. The number of aromatic amines is 1. The maximum absolute atomic E-state index is 6.32. The van der Waals surface area contributed by atoms with E-state index in [0.717, 1.165) is 28.0 Å². The topological polar surface area (TPSA) is 29.9 Å². The van der Waals surface area contributed by atoms with Gasteiger partial charge in [-0.3, -0.25) is 4.57 Å². The van der Waals surface area contributed by atoms with Crippen LogP contribution in [0, 0.1) is 11.7 Å². The van der Waals surface area contributed by atoms with Crippen LogP contribution in [-0.4, -0.2) is 16.7 Å². The Hall–Kier alpha value is -1.78. The van der Waals surface area contributed by atoms with E-state index in [1.165, 1.54) is 0 Å². The van der Waals surface area contributed by atoms with Gasteiger partial charge in [-0.1, -0.05) is 17.7 Å². The molecule has 20 heavy (non-hydrogen) atoms. The molecular formula is C15H13ClN2OS. The normalized spacial score (nSPS) is 10.9. The lowest BCUT2D eigenvalue weighted by molar-refractivity contribution is 0.415. The first-order valence-corrected chi connectivity index (χ1v) is 6.94. The largest absolute Gasteiger partial charge is 0.497 e. The van der Waals surface area contributed by atoms with E-state index in [2.05, 4.69) is 4.98 Å². The Balaban J connectivity index is 2.37. The van der Waals surface area contributed by atoms with E-state index in [4.69, 9.17) is 28.6 Å². The third-order valence-corrected chi connectivity index (χ3v) is 3.84. The molecule has 0 saturated carbocycles. The molecule has 5 heteroatoms. The van der Waals surface area contributed by atoms with Crippen LogP contribution in [0.3, 0.4) is 0 Å². The van der Waals surface area contributed by atoms with Gasteiger partial charge in [-0.15, -0.1) is 0 Å². The summed E-state index contributed by atoms with van der Waals surface area (Å²) in [6.07, 6.45) is 0. The first-order chi connectivity index (χ1) is 9.60. The lowest BCUT2D eigenvalue weighted by Gasteiger charge is -2.09. The predicted octanol–water partition coefficient (Wildman–Crippen LogP) is 4.66. The zero-order chi connectivity index (χ0) is 14.3. The number of imidazole rings is 1. The fourth-order valence-corrected chi connectivity index (χ4v) is 2.75. The van der Waals surface area contributed by atoms with Crippen molar-refractivity contribution in [1.82, 2.24) is 9.55 Å². The third-order valence-electron chi connectivity index (χ3n) is 3.23. The molecule has 3 rings (SSSR count). The van der Waals surface area contributed by atoms with E-state index in [0.29, 0.717) is 9.79 Å². The van der Waals surface area contributed by atoms with Crippen molar-refractivity contribution in [3.05, 3.63) is 51.8 Å². The summed E-state index contributed by atoms with van der Waals surface area (Å²) in [6, 6.07) is 11.7. The molecule has 0 bridgehead atoms. The number of aryl methyl sites for hydroxylation is 1. The maximum atomic E-state index is 6.32. The van der Waals surface area contributed by atoms with Gasteiger partial charge >= 0.3 is 0 Å². The van der Waals surface area contributed by atoms with Crippen molar-refractivity contribution in [3.8, 4) is 11.4 Å². The summed E-state index contributed by atoms with van der Waals surface area (Å²) in [6.45, 7) is 2.03. The molecule has 0 spiro atoms. The Morgan fingerprint density at radius 2 is 2.00 bits per heavy atom. The van der Waals surface area contributed by atoms with Gasteiger partial charge in [-0.05, 0) is 49.0 Å². The average molecular weight is 305 g/mol. The van der Waals surface area contributed by atoms with E-state index in [1.54, 1.807) is 7.11 Å². The number of nitrogens with zero attached hydrogens (tertiary/aromatic N) is 1. The Morgan fingerprint density at radius 3 is 2.75 bits per heavy atom. The molecule has 3 nitrogen and oxygen atoms in total. The molecule has 0 radical (unpaired) electrons. The van der Waals surface area contributed by atoms with Crippen LogP contribution in [-0.2, 0) is 0 Å². The second kappa shape index (κ2) is 4.96. The van der Waals surface area contributed by atoms with Crippen LogP contribution < -0.4 is 4.74 Å². The molecule has 1 heterocycles. The van der Waals surface area contributed by atoms with Crippen LogP contribution in [0.2, 0.25) is 5.02 Å². The maximum Gasteiger partial charge on any atom is 0.182 e. The van der Waals surface area contributed by atoms with E-state index in [1.807, 2.05) is 47.9 Å². The van der Waals surface area contributed by atoms with Crippen molar-refractivity contribution in [1.29, 1.82) is 0 Å². The van der Waals surface area contributed by atoms with Crippen LogP contribution in [0.4, 0.5) is 0 Å². The van der Waals surface area contributed by atoms with E-state index in [-0.39, 0.29) is 0 Å². The zero-order valence-electron chi connectivity index (χ0n) is 11.1. The summed E-state index contributed by atoms with van der Waals surface area (Å²) in [4.78, 5) is 3.19. The molecule has 1 aromatic heterocycles. The number of hydrogen-bond acceptors (Lipinski definition) is 2. The van der Waals surface area contributed by atoms with Crippen molar-refractivity contribution in [2.75, 3.05) is 7.11 Å². The average Bonchev–Trinajstić information content (AvgIpc) is 2.76. The molecule has 0 fully saturated rings. The molecular weight excluding hydrogens is 292 g/mol. The van der Waals surface area contributed by atoms with Gasteiger partial charge in [0.15, 0.2) is 4.77 Å². The minimum absolute atomic E-state index is 0.612. The first kappa shape index (κ1) is 13.2. The quantitative estimate of drug-likeness (QED) is 0.698. The lowest BCUT2D eigenvalue weighted by atomic mass is 10.2. The van der Waals surface area contributed by atoms with E-state index >= 15 is 0 Å². The highest BCUT2D eigenvalue weighted by Crippen LogP contribution is 2.28. The summed E-state index contributed by atoms with van der Waals surface area (Å²) in [5.41, 5.74) is 3.90. The van der Waals surface area contributed by atoms with Crippen molar-refractivity contribution in [2.45, 2.75) is 6.92 Å². The summed E-state index contributed by atoms with van der Waals surface area (Å²) in [5.74, 6) is 0.782. The monoisotopic (exact) mass is 304 g/mol. The van der Waals surface area contributed by atoms with Crippen LogP contribution in [0.25, 0.3) is 16.7 Å². The number of methoxy groups -OCH3 is 1. The van der Waals surface area contributed by atoms with Crippen molar-refractivity contribution < 1.29 is 4.74 Å². The Bertz CT molecular complexity index is 851. The second-order valence-corrected chi connectivity index (χ2v) is 5.40. The number of benzene rings is 2. The number of aromatic nitrogens is 2. The first-order valence-electron chi connectivity index (χ1n) is 6.15. The highest BCUT2D eigenvalue weighted by Gasteiger charge is 2.10. The minimum atomic E-state index is 0.612. The number of H-pyrrole nitrogens is 1. The molecule has 0 unspecified atom stereocenters. The highest BCUT2D eigenvalue weighted by molar-refractivity contribution is 7.71. The van der Waals surface area contributed by atoms with Crippen molar-refractivity contribution in [2.24, 2.45) is 0 Å². The Labute approximate surface area is 126 Å². The fourth-order valence-electron chi connectivity index (χ4n) is 2.24. The number of fused-ring (bicyclic) bond motifs is 1. The van der Waals surface area contributed by atoms with Gasteiger partial charge in [0, 0.05) is 6.07 Å². The third kappa shape index (κ3) is 2.11. The SMILES string of the molecule is COc1ccc2[nH]c(=S)n(-c3cc(C)ccc3Cl)c2c1. The summed E-state index contributed by atoms with van der Waals surface area (Å²) >= 11 is 11.7. The fraction of sp³-hybridized carbons (Fsp3) is 0.133. The van der Waals surface area contributed by atoms with E-state index in [9.17, 15) is 0 Å². The van der Waals surface area contributed by atoms with Gasteiger partial charge < -0.3 is 9.72 Å². The second-order valence-electron chi connectivity index (χ2n) is 4.60. The van der Waals surface area contributed by atoms with E-state index < -0.39 is 0 Å². The summed E-state index contributed by atoms with van der Waals surface area (Å²) < 4.78 is 7.83. The minimum Gasteiger partial charge on any atom is -0.497 e. The molecule has 0 aliphatic heterocycles. The summed E-state index contributed by atoms with van der Waals surface area (Å²) in [5, 5.41) is 0.662. The van der Waals surface area contributed by atoms with Crippen LogP contribution >= 0.6 is 23.8 Å². The molecule has 102 valence electrons. The summed E-state index contributed by atoms with van der Waals surface area (Å²) in [7, 11) is 1.65. The molecule has 3 aromatic rings. The van der Waals surface area contributed by atoms with Crippen molar-refractivity contribution in [3.63, 3.8) is 0 Å². The zero-order valence-corrected chi connectivity index (χ0v) is 12.7. The number of nitrogens with one attached hydrogen (secondary N) is 1. The molecule has 0 saturated heterocycles. The lowest BCUT2D eigenvalue weighted by Crippen LogP contribution is -1.96.